The van der Waals surface area contributed by atoms with Crippen LogP contribution in [0.15, 0.2) is 71.8 Å². The number of benzene rings is 3. The Morgan fingerprint density at radius 1 is 0.939 bits per heavy atom. The van der Waals surface area contributed by atoms with Gasteiger partial charge in [0.1, 0.15) is 0 Å². The Hall–Kier alpha value is -4.17. The molecule has 0 bridgehead atoms. The molecule has 33 heavy (non-hydrogen) atoms. The quantitative estimate of drug-likeness (QED) is 0.188. The van der Waals surface area contributed by atoms with E-state index in [0.29, 0.717) is 33.1 Å². The normalized spacial score (nSPS) is 10.5. The van der Waals surface area contributed by atoms with E-state index in [1.807, 2.05) is 0 Å². The van der Waals surface area contributed by atoms with E-state index in [2.05, 4.69) is 15.8 Å². The van der Waals surface area contributed by atoms with E-state index < -0.39 is 17.8 Å². The van der Waals surface area contributed by atoms with Gasteiger partial charge in [0.05, 0.1) is 18.9 Å². The van der Waals surface area contributed by atoms with Crippen LogP contribution in [0.1, 0.15) is 21.5 Å². The van der Waals surface area contributed by atoms with Crippen molar-refractivity contribution in [1.82, 2.24) is 5.43 Å². The Balaban J connectivity index is 1.61. The minimum Gasteiger partial charge on any atom is -0.493 e. The Kier molecular flexibility index (Phi) is 7.77. The third kappa shape index (κ3) is 6.18. The van der Waals surface area contributed by atoms with E-state index in [9.17, 15) is 14.4 Å². The van der Waals surface area contributed by atoms with Crippen molar-refractivity contribution >= 4 is 41.3 Å². The van der Waals surface area contributed by atoms with Crippen LogP contribution in [0.5, 0.6) is 11.5 Å². The molecule has 0 unspecified atom stereocenters. The highest BCUT2D eigenvalue weighted by molar-refractivity contribution is 6.40. The molecule has 0 aromatic heterocycles. The van der Waals surface area contributed by atoms with Gasteiger partial charge in [0.25, 0.3) is 0 Å². The van der Waals surface area contributed by atoms with Crippen molar-refractivity contribution in [2.24, 2.45) is 5.10 Å². The van der Waals surface area contributed by atoms with Crippen LogP contribution in [0.3, 0.4) is 0 Å². The van der Waals surface area contributed by atoms with Gasteiger partial charge in [-0.1, -0.05) is 35.9 Å². The first-order valence-electron chi connectivity index (χ1n) is 9.74. The predicted molar refractivity (Wildman–Crippen MR) is 125 cm³/mol. The molecule has 0 aliphatic carbocycles. The third-order valence-electron chi connectivity index (χ3n) is 4.50. The molecule has 8 nitrogen and oxygen atoms in total. The Labute approximate surface area is 195 Å². The van der Waals surface area contributed by atoms with Crippen LogP contribution in [-0.4, -0.2) is 31.1 Å². The van der Waals surface area contributed by atoms with E-state index >= 15 is 0 Å². The second kappa shape index (κ2) is 10.9. The molecule has 0 aliphatic rings. The van der Waals surface area contributed by atoms with Crippen LogP contribution in [0.25, 0.3) is 0 Å². The number of ether oxygens (including phenoxy) is 2. The standard InChI is InChI=1S/C24H20ClN3O5/c1-15-18(25)9-6-10-19(15)27-22(29)23(30)28-26-14-16-11-12-20(21(13-16)32-2)33-24(31)17-7-4-3-5-8-17/h3-14H,1-2H3,(H,27,29)(H,28,30)/b26-14+. The van der Waals surface area contributed by atoms with Gasteiger partial charge < -0.3 is 14.8 Å². The number of carbonyl (C=O) groups is 3. The number of amides is 2. The van der Waals surface area contributed by atoms with Gasteiger partial charge in [-0.3, -0.25) is 9.59 Å². The van der Waals surface area contributed by atoms with E-state index in [0.717, 1.165) is 0 Å². The number of esters is 1. The van der Waals surface area contributed by atoms with Crippen molar-refractivity contribution in [3.8, 4) is 11.5 Å². The summed E-state index contributed by atoms with van der Waals surface area (Å²) in [6.45, 7) is 1.72. The SMILES string of the molecule is COc1cc(/C=N/NC(=O)C(=O)Nc2cccc(Cl)c2C)ccc1OC(=O)c1ccccc1. The molecule has 0 spiro atoms. The first-order valence-corrected chi connectivity index (χ1v) is 10.1. The molecule has 3 aromatic rings. The summed E-state index contributed by atoms with van der Waals surface area (Å²) in [5, 5.41) is 6.73. The van der Waals surface area contributed by atoms with E-state index in [1.54, 1.807) is 67.6 Å². The molecule has 0 saturated heterocycles. The van der Waals surface area contributed by atoms with Crippen molar-refractivity contribution < 1.29 is 23.9 Å². The second-order valence-corrected chi connectivity index (χ2v) is 7.14. The van der Waals surface area contributed by atoms with Crippen molar-refractivity contribution in [3.63, 3.8) is 0 Å². The molecular weight excluding hydrogens is 446 g/mol. The fourth-order valence-corrected chi connectivity index (χ4v) is 2.89. The zero-order valence-corrected chi connectivity index (χ0v) is 18.6. The van der Waals surface area contributed by atoms with Crippen molar-refractivity contribution in [3.05, 3.63) is 88.4 Å². The average molecular weight is 466 g/mol. The fraction of sp³-hybridized carbons (Fsp3) is 0.0833. The van der Waals surface area contributed by atoms with Gasteiger partial charge in [-0.2, -0.15) is 5.10 Å². The minimum atomic E-state index is -0.953. The fourth-order valence-electron chi connectivity index (χ4n) is 2.72. The third-order valence-corrected chi connectivity index (χ3v) is 4.91. The van der Waals surface area contributed by atoms with Crippen LogP contribution >= 0.6 is 11.6 Å². The molecule has 168 valence electrons. The maximum absolute atomic E-state index is 12.3. The summed E-state index contributed by atoms with van der Waals surface area (Å²) in [6.07, 6.45) is 1.32. The van der Waals surface area contributed by atoms with Gasteiger partial charge >= 0.3 is 17.8 Å². The molecule has 3 aromatic carbocycles. The number of rotatable bonds is 6. The first-order chi connectivity index (χ1) is 15.9. The van der Waals surface area contributed by atoms with Gasteiger partial charge in [-0.15, -0.1) is 0 Å². The van der Waals surface area contributed by atoms with E-state index in [-0.39, 0.29) is 5.75 Å². The highest BCUT2D eigenvalue weighted by Gasteiger charge is 2.15. The minimum absolute atomic E-state index is 0.226. The summed E-state index contributed by atoms with van der Waals surface area (Å²) in [6, 6.07) is 18.2. The number of methoxy groups -OCH3 is 1. The van der Waals surface area contributed by atoms with Crippen LogP contribution in [0.2, 0.25) is 5.02 Å². The molecule has 0 saturated carbocycles. The zero-order valence-electron chi connectivity index (χ0n) is 17.8. The molecule has 0 aliphatic heterocycles. The number of halogens is 1. The van der Waals surface area contributed by atoms with Gasteiger partial charge in [-0.25, -0.2) is 10.2 Å². The Morgan fingerprint density at radius 3 is 2.42 bits per heavy atom. The molecule has 0 atom stereocenters. The maximum Gasteiger partial charge on any atom is 0.343 e. The lowest BCUT2D eigenvalue weighted by Gasteiger charge is -2.10. The molecular formula is C24H20ClN3O5. The van der Waals surface area contributed by atoms with Crippen LogP contribution in [-0.2, 0) is 9.59 Å². The molecule has 2 amide bonds. The summed E-state index contributed by atoms with van der Waals surface area (Å²) < 4.78 is 10.7. The molecule has 0 fully saturated rings. The monoisotopic (exact) mass is 465 g/mol. The number of hydrogen-bond donors (Lipinski definition) is 2. The largest absolute Gasteiger partial charge is 0.493 e. The topological polar surface area (TPSA) is 106 Å². The van der Waals surface area contributed by atoms with Crippen LogP contribution in [0.4, 0.5) is 5.69 Å². The Bertz CT molecular complexity index is 1210. The second-order valence-electron chi connectivity index (χ2n) is 6.73. The average Bonchev–Trinajstić information content (AvgIpc) is 2.83. The van der Waals surface area contributed by atoms with E-state index in [4.69, 9.17) is 21.1 Å². The number of hydrazone groups is 1. The van der Waals surface area contributed by atoms with Gasteiger partial charge in [0.2, 0.25) is 0 Å². The maximum atomic E-state index is 12.3. The lowest BCUT2D eigenvalue weighted by atomic mass is 10.2. The molecule has 2 N–H and O–H groups in total. The van der Waals surface area contributed by atoms with Crippen molar-refractivity contribution in [1.29, 1.82) is 0 Å². The lowest BCUT2D eigenvalue weighted by molar-refractivity contribution is -0.136. The summed E-state index contributed by atoms with van der Waals surface area (Å²) in [5.74, 6) is -1.85. The summed E-state index contributed by atoms with van der Waals surface area (Å²) >= 11 is 6.01. The summed E-state index contributed by atoms with van der Waals surface area (Å²) in [7, 11) is 1.43. The van der Waals surface area contributed by atoms with Gasteiger partial charge in [0, 0.05) is 10.7 Å². The number of nitrogens with zero attached hydrogens (tertiary/aromatic N) is 1. The first kappa shape index (κ1) is 23.5. The van der Waals surface area contributed by atoms with Gasteiger partial charge in [-0.05, 0) is 60.5 Å². The Morgan fingerprint density at radius 2 is 1.70 bits per heavy atom. The van der Waals surface area contributed by atoms with Crippen molar-refractivity contribution in [2.75, 3.05) is 12.4 Å². The number of nitrogens with one attached hydrogen (secondary N) is 2. The molecule has 3 rings (SSSR count). The summed E-state index contributed by atoms with van der Waals surface area (Å²) in [4.78, 5) is 36.3. The highest BCUT2D eigenvalue weighted by Crippen LogP contribution is 2.28. The molecule has 0 radical (unpaired) electrons. The molecule has 9 heteroatoms. The summed E-state index contributed by atoms with van der Waals surface area (Å²) in [5.41, 5.74) is 4.16. The highest BCUT2D eigenvalue weighted by atomic mass is 35.5. The number of hydrogen-bond acceptors (Lipinski definition) is 6. The van der Waals surface area contributed by atoms with Crippen LogP contribution in [0, 0.1) is 6.92 Å². The van der Waals surface area contributed by atoms with Crippen LogP contribution < -0.4 is 20.2 Å². The zero-order chi connectivity index (χ0) is 23.8. The predicted octanol–water partition coefficient (Wildman–Crippen LogP) is 3.97. The van der Waals surface area contributed by atoms with Gasteiger partial charge in [0.15, 0.2) is 11.5 Å². The molecule has 0 heterocycles. The van der Waals surface area contributed by atoms with E-state index in [1.165, 1.54) is 19.4 Å². The van der Waals surface area contributed by atoms with Crippen molar-refractivity contribution in [2.45, 2.75) is 6.92 Å². The number of anilines is 1. The lowest BCUT2D eigenvalue weighted by Crippen LogP contribution is -2.32. The number of carbonyl (C=O) groups excluding carboxylic acids is 3. The smallest absolute Gasteiger partial charge is 0.343 e.